The van der Waals surface area contributed by atoms with Crippen molar-refractivity contribution in [3.63, 3.8) is 0 Å². The maximum atomic E-state index is 13.0. The van der Waals surface area contributed by atoms with Crippen LogP contribution in [0.25, 0.3) is 0 Å². The van der Waals surface area contributed by atoms with Crippen LogP contribution in [0.4, 0.5) is 10.1 Å². The molecule has 0 bridgehead atoms. The molecule has 0 saturated heterocycles. The number of aromatic nitrogens is 3. The Morgan fingerprint density at radius 3 is 2.52 bits per heavy atom. The molecular formula is C16H14FN5O3. The number of nitrogens with two attached hydrogens (primary N) is 1. The van der Waals surface area contributed by atoms with Gasteiger partial charge in [0.1, 0.15) is 18.2 Å². The van der Waals surface area contributed by atoms with Gasteiger partial charge in [0.05, 0.1) is 11.0 Å². The number of H-pyrrole nitrogens is 1. The second-order valence-electron chi connectivity index (χ2n) is 5.21. The molecule has 3 rings (SSSR count). The van der Waals surface area contributed by atoms with Gasteiger partial charge in [0.15, 0.2) is 11.6 Å². The number of nitrogens with zero attached hydrogens (tertiary/aromatic N) is 3. The molecule has 1 heterocycles. The Hall–Kier alpha value is -3.33. The Balaban J connectivity index is 1.63. The third-order valence-electron chi connectivity index (χ3n) is 3.48. The van der Waals surface area contributed by atoms with E-state index in [9.17, 15) is 14.5 Å². The lowest BCUT2D eigenvalue weighted by molar-refractivity contribution is -0.384. The first-order valence-electron chi connectivity index (χ1n) is 7.32. The van der Waals surface area contributed by atoms with Crippen LogP contribution < -0.4 is 10.5 Å². The van der Waals surface area contributed by atoms with E-state index in [1.807, 2.05) is 0 Å². The number of non-ortho nitro benzene ring substituents is 1. The van der Waals surface area contributed by atoms with Crippen LogP contribution in [0.3, 0.4) is 0 Å². The number of rotatable bonds is 6. The van der Waals surface area contributed by atoms with Crippen molar-refractivity contribution in [3.8, 4) is 5.75 Å². The van der Waals surface area contributed by atoms with E-state index in [4.69, 9.17) is 10.5 Å². The first-order valence-corrected chi connectivity index (χ1v) is 7.32. The Morgan fingerprint density at radius 2 is 1.88 bits per heavy atom. The minimum Gasteiger partial charge on any atom is -0.486 e. The molecule has 3 N–H and O–H groups in total. The molecule has 1 aromatic heterocycles. The second-order valence-corrected chi connectivity index (χ2v) is 5.21. The standard InChI is InChI=1S/C16H14FN5O3/c17-11-3-1-10(2-4-11)15(18)16-19-14(20-21-16)9-25-13-7-5-12(6-8-13)22(23)24/h1-8,15H,9,18H2,(H,19,20,21)/t15-/m0/s1. The molecule has 0 fully saturated rings. The molecule has 0 amide bonds. The summed E-state index contributed by atoms with van der Waals surface area (Å²) in [5.74, 6) is 0.925. The molecule has 128 valence electrons. The van der Waals surface area contributed by atoms with Gasteiger partial charge in [0.2, 0.25) is 0 Å². The predicted molar refractivity (Wildman–Crippen MR) is 86.2 cm³/mol. The molecule has 0 aliphatic heterocycles. The molecule has 0 aliphatic carbocycles. The first kappa shape index (κ1) is 16.5. The van der Waals surface area contributed by atoms with E-state index in [1.54, 1.807) is 12.1 Å². The zero-order valence-corrected chi connectivity index (χ0v) is 12.9. The van der Waals surface area contributed by atoms with Gasteiger partial charge in [0, 0.05) is 12.1 Å². The summed E-state index contributed by atoms with van der Waals surface area (Å²) in [4.78, 5) is 14.4. The minimum atomic E-state index is -0.593. The molecule has 25 heavy (non-hydrogen) atoms. The molecule has 0 aliphatic rings. The van der Waals surface area contributed by atoms with E-state index >= 15 is 0 Å². The van der Waals surface area contributed by atoms with Gasteiger partial charge in [-0.1, -0.05) is 12.1 Å². The molecule has 0 radical (unpaired) electrons. The average molecular weight is 343 g/mol. The summed E-state index contributed by atoms with van der Waals surface area (Å²) in [6.07, 6.45) is 0. The van der Waals surface area contributed by atoms with Crippen LogP contribution in [0.5, 0.6) is 5.75 Å². The second kappa shape index (κ2) is 7.05. The summed E-state index contributed by atoms with van der Waals surface area (Å²) in [6.45, 7) is 0.0982. The zero-order valence-electron chi connectivity index (χ0n) is 12.9. The molecular weight excluding hydrogens is 329 g/mol. The van der Waals surface area contributed by atoms with Crippen molar-refractivity contribution >= 4 is 5.69 Å². The quantitative estimate of drug-likeness (QED) is 0.524. The number of benzene rings is 2. The van der Waals surface area contributed by atoms with E-state index in [1.165, 1.54) is 36.4 Å². The number of nitrogens with one attached hydrogen (secondary N) is 1. The van der Waals surface area contributed by atoms with Crippen molar-refractivity contribution < 1.29 is 14.1 Å². The van der Waals surface area contributed by atoms with Crippen LogP contribution in [0.1, 0.15) is 23.3 Å². The summed E-state index contributed by atoms with van der Waals surface area (Å²) in [5, 5.41) is 17.4. The molecule has 2 aromatic carbocycles. The highest BCUT2D eigenvalue weighted by molar-refractivity contribution is 5.36. The van der Waals surface area contributed by atoms with Gasteiger partial charge in [-0.25, -0.2) is 9.37 Å². The van der Waals surface area contributed by atoms with Gasteiger partial charge in [-0.3, -0.25) is 15.2 Å². The lowest BCUT2D eigenvalue weighted by Gasteiger charge is -2.07. The highest BCUT2D eigenvalue weighted by Crippen LogP contribution is 2.19. The Kier molecular flexibility index (Phi) is 4.66. The maximum Gasteiger partial charge on any atom is 0.269 e. The monoisotopic (exact) mass is 343 g/mol. The number of hydrogen-bond acceptors (Lipinski definition) is 6. The fourth-order valence-corrected chi connectivity index (χ4v) is 2.15. The normalized spacial score (nSPS) is 11.9. The summed E-state index contributed by atoms with van der Waals surface area (Å²) < 4.78 is 18.4. The number of hydrogen-bond donors (Lipinski definition) is 2. The maximum absolute atomic E-state index is 13.0. The molecule has 0 spiro atoms. The van der Waals surface area contributed by atoms with Crippen molar-refractivity contribution in [3.05, 3.63) is 81.7 Å². The summed E-state index contributed by atoms with van der Waals surface area (Å²) in [5.41, 5.74) is 6.73. The smallest absolute Gasteiger partial charge is 0.269 e. The average Bonchev–Trinajstić information content (AvgIpc) is 3.09. The topological polar surface area (TPSA) is 120 Å². The lowest BCUT2D eigenvalue weighted by atomic mass is 10.1. The molecule has 3 aromatic rings. The third-order valence-corrected chi connectivity index (χ3v) is 3.48. The van der Waals surface area contributed by atoms with E-state index in [0.717, 1.165) is 0 Å². The third kappa shape index (κ3) is 3.96. The van der Waals surface area contributed by atoms with E-state index in [0.29, 0.717) is 23.0 Å². The Bertz CT molecular complexity index is 864. The van der Waals surface area contributed by atoms with E-state index in [-0.39, 0.29) is 18.1 Å². The zero-order chi connectivity index (χ0) is 17.8. The van der Waals surface area contributed by atoms with Gasteiger partial charge in [-0.15, -0.1) is 0 Å². The predicted octanol–water partition coefficient (Wildman–Crippen LogP) is 2.48. The summed E-state index contributed by atoms with van der Waals surface area (Å²) in [6, 6.07) is 10.9. The van der Waals surface area contributed by atoms with Crippen LogP contribution in [0.2, 0.25) is 0 Å². The van der Waals surface area contributed by atoms with Crippen molar-refractivity contribution in [2.75, 3.05) is 0 Å². The van der Waals surface area contributed by atoms with Gasteiger partial charge >= 0.3 is 0 Å². The van der Waals surface area contributed by atoms with Crippen LogP contribution in [-0.4, -0.2) is 20.1 Å². The van der Waals surface area contributed by atoms with Crippen molar-refractivity contribution in [2.24, 2.45) is 5.73 Å². The molecule has 1 atom stereocenters. The number of ether oxygens (including phenoxy) is 1. The molecule has 0 unspecified atom stereocenters. The van der Waals surface area contributed by atoms with Gasteiger partial charge < -0.3 is 10.5 Å². The number of aromatic amines is 1. The summed E-state index contributed by atoms with van der Waals surface area (Å²) in [7, 11) is 0. The fourth-order valence-electron chi connectivity index (χ4n) is 2.15. The van der Waals surface area contributed by atoms with E-state index in [2.05, 4.69) is 15.2 Å². The highest BCUT2D eigenvalue weighted by Gasteiger charge is 2.15. The van der Waals surface area contributed by atoms with Crippen LogP contribution in [0.15, 0.2) is 48.5 Å². The Labute approximate surface area is 141 Å². The van der Waals surface area contributed by atoms with Gasteiger partial charge in [-0.05, 0) is 29.8 Å². The molecule has 0 saturated carbocycles. The largest absolute Gasteiger partial charge is 0.486 e. The van der Waals surface area contributed by atoms with Crippen LogP contribution in [0, 0.1) is 15.9 Å². The lowest BCUT2D eigenvalue weighted by Crippen LogP contribution is -2.13. The number of nitro groups is 1. The SMILES string of the molecule is N[C@@H](c1ccc(F)cc1)c1n[nH]c(COc2ccc([N+](=O)[O-])cc2)n1. The fraction of sp³-hybridized carbons (Fsp3) is 0.125. The van der Waals surface area contributed by atoms with Crippen molar-refractivity contribution in [2.45, 2.75) is 12.6 Å². The van der Waals surface area contributed by atoms with E-state index < -0.39 is 11.0 Å². The van der Waals surface area contributed by atoms with Crippen molar-refractivity contribution in [1.29, 1.82) is 0 Å². The molecule has 8 nitrogen and oxygen atoms in total. The van der Waals surface area contributed by atoms with Gasteiger partial charge in [0.25, 0.3) is 5.69 Å². The minimum absolute atomic E-state index is 0.0143. The number of halogens is 1. The molecule has 9 heteroatoms. The van der Waals surface area contributed by atoms with Crippen LogP contribution in [-0.2, 0) is 6.61 Å². The highest BCUT2D eigenvalue weighted by atomic mass is 19.1. The van der Waals surface area contributed by atoms with Gasteiger partial charge in [-0.2, -0.15) is 5.10 Å². The Morgan fingerprint density at radius 1 is 1.20 bits per heavy atom. The number of nitro benzene ring substituents is 1. The summed E-state index contributed by atoms with van der Waals surface area (Å²) >= 11 is 0. The van der Waals surface area contributed by atoms with Crippen LogP contribution >= 0.6 is 0 Å². The first-order chi connectivity index (χ1) is 12.0. The van der Waals surface area contributed by atoms with Crippen molar-refractivity contribution in [1.82, 2.24) is 15.2 Å².